The smallest absolute Gasteiger partial charge is 0.417 e. The van der Waals surface area contributed by atoms with E-state index in [1.807, 2.05) is 6.26 Å². The van der Waals surface area contributed by atoms with Crippen LogP contribution in [-0.4, -0.2) is 55.2 Å². The first-order valence-electron chi connectivity index (χ1n) is 10.9. The number of thioether (sulfide) groups is 1. The molecule has 10 nitrogen and oxygen atoms in total. The van der Waals surface area contributed by atoms with Crippen molar-refractivity contribution in [2.75, 3.05) is 37.6 Å². The highest BCUT2D eigenvalue weighted by Gasteiger charge is 2.21. The first kappa shape index (κ1) is 24.3. The summed E-state index contributed by atoms with van der Waals surface area (Å²) in [5.74, 6) is 0.902. The van der Waals surface area contributed by atoms with Crippen molar-refractivity contribution in [1.82, 2.24) is 10.3 Å². The maximum Gasteiger partial charge on any atom is 0.417 e. The lowest BCUT2D eigenvalue weighted by Crippen LogP contribution is -2.43. The molecule has 0 saturated carbocycles. The molecular formula is C24H25N3O7S. The van der Waals surface area contributed by atoms with E-state index in [1.54, 1.807) is 48.2 Å². The van der Waals surface area contributed by atoms with Crippen molar-refractivity contribution in [1.29, 1.82) is 0 Å². The number of carbonyl (C=O) groups is 2. The largest absolute Gasteiger partial charge is 0.493 e. The van der Waals surface area contributed by atoms with Gasteiger partial charge >= 0.3 is 5.76 Å². The summed E-state index contributed by atoms with van der Waals surface area (Å²) in [5.41, 5.74) is 2.02. The quantitative estimate of drug-likeness (QED) is 0.383. The van der Waals surface area contributed by atoms with Crippen LogP contribution in [0.3, 0.4) is 0 Å². The number of ether oxygens (including phenoxy) is 3. The Bertz CT molecular complexity index is 1300. The summed E-state index contributed by atoms with van der Waals surface area (Å²) < 4.78 is 21.6. The molecule has 0 unspecified atom stereocenters. The van der Waals surface area contributed by atoms with E-state index in [9.17, 15) is 14.4 Å². The van der Waals surface area contributed by atoms with Gasteiger partial charge < -0.3 is 29.3 Å². The van der Waals surface area contributed by atoms with Gasteiger partial charge in [-0.25, -0.2) is 4.79 Å². The monoisotopic (exact) mass is 499 g/mol. The molecule has 2 aromatic carbocycles. The van der Waals surface area contributed by atoms with E-state index in [0.717, 1.165) is 0 Å². The molecule has 0 bridgehead atoms. The van der Waals surface area contributed by atoms with Crippen molar-refractivity contribution in [2.24, 2.45) is 0 Å². The van der Waals surface area contributed by atoms with Gasteiger partial charge in [0.1, 0.15) is 19.3 Å². The number of aromatic nitrogens is 1. The highest BCUT2D eigenvalue weighted by Crippen LogP contribution is 2.40. The minimum Gasteiger partial charge on any atom is -0.493 e. The normalized spacial score (nSPS) is 13.5. The Morgan fingerprint density at radius 3 is 2.86 bits per heavy atom. The average Bonchev–Trinajstić information content (AvgIpc) is 3.23. The number of hydrogen-bond donors (Lipinski definition) is 3. The van der Waals surface area contributed by atoms with Gasteiger partial charge in [0, 0.05) is 11.8 Å². The van der Waals surface area contributed by atoms with Crippen LogP contribution in [0.5, 0.6) is 17.2 Å². The molecule has 3 aromatic rings. The van der Waals surface area contributed by atoms with Crippen LogP contribution in [0.15, 0.2) is 45.6 Å². The van der Waals surface area contributed by atoms with Crippen LogP contribution < -0.4 is 30.6 Å². The van der Waals surface area contributed by atoms with Crippen molar-refractivity contribution >= 4 is 46.4 Å². The molecule has 3 N–H and O–H groups in total. The van der Waals surface area contributed by atoms with Gasteiger partial charge in [0.15, 0.2) is 17.1 Å². The number of amides is 2. The second-order valence-electron chi connectivity index (χ2n) is 7.64. The number of H-pyrrole nitrogens is 1. The Balaban J connectivity index is 1.44. The molecule has 2 amide bonds. The maximum atomic E-state index is 12.9. The van der Waals surface area contributed by atoms with E-state index in [0.29, 0.717) is 65.0 Å². The minimum absolute atomic E-state index is 0.369. The van der Waals surface area contributed by atoms with Crippen molar-refractivity contribution in [3.63, 3.8) is 0 Å². The summed E-state index contributed by atoms with van der Waals surface area (Å²) in [7, 11) is 1.53. The van der Waals surface area contributed by atoms with Crippen LogP contribution >= 0.6 is 11.8 Å². The van der Waals surface area contributed by atoms with Gasteiger partial charge in [-0.3, -0.25) is 14.6 Å². The number of nitrogens with one attached hydrogen (secondary N) is 3. The first-order chi connectivity index (χ1) is 17.0. The zero-order valence-electron chi connectivity index (χ0n) is 19.2. The topological polar surface area (TPSA) is 132 Å². The summed E-state index contributed by atoms with van der Waals surface area (Å²) in [6.45, 7) is 0.869. The molecular weight excluding hydrogens is 474 g/mol. The van der Waals surface area contributed by atoms with Gasteiger partial charge in [-0.15, -0.1) is 0 Å². The molecule has 35 heavy (non-hydrogen) atoms. The fourth-order valence-corrected chi connectivity index (χ4v) is 4.02. The molecule has 0 fully saturated rings. The highest BCUT2D eigenvalue weighted by molar-refractivity contribution is 7.98. The molecule has 0 radical (unpaired) electrons. The third-order valence-electron chi connectivity index (χ3n) is 5.21. The standard InChI is InChI=1S/C24H25N3O7S/c1-31-19-11-14(12-20-22(19)33-9-8-32-20)3-6-21(28)26-16(7-10-35-2)23(29)25-15-4-5-18-17(13-15)27-24(30)34-18/h3-6,11-13,16H,7-10H2,1-2H3,(H,25,29)(H,26,28)(H,27,30)/b6-3+/t16-/m1/s1. The molecule has 2 heterocycles. The van der Waals surface area contributed by atoms with Crippen LogP contribution in [0.2, 0.25) is 0 Å². The number of aromatic amines is 1. The number of anilines is 1. The van der Waals surface area contributed by atoms with Gasteiger partial charge in [-0.1, -0.05) is 0 Å². The number of carbonyl (C=O) groups excluding carboxylic acids is 2. The Hall–Kier alpha value is -3.86. The Labute approximate surface area is 205 Å². The van der Waals surface area contributed by atoms with Crippen LogP contribution in [0.4, 0.5) is 5.69 Å². The van der Waals surface area contributed by atoms with Crippen LogP contribution in [-0.2, 0) is 9.59 Å². The van der Waals surface area contributed by atoms with Crippen LogP contribution in [0, 0.1) is 0 Å². The fourth-order valence-electron chi connectivity index (χ4n) is 3.55. The Kier molecular flexibility index (Phi) is 7.66. The summed E-state index contributed by atoms with van der Waals surface area (Å²) in [4.78, 5) is 39.5. The number of hydrogen-bond acceptors (Lipinski definition) is 8. The van der Waals surface area contributed by atoms with Crippen LogP contribution in [0.1, 0.15) is 12.0 Å². The lowest BCUT2D eigenvalue weighted by Gasteiger charge is -2.21. The zero-order chi connectivity index (χ0) is 24.8. The zero-order valence-corrected chi connectivity index (χ0v) is 20.0. The second-order valence-corrected chi connectivity index (χ2v) is 8.62. The number of benzene rings is 2. The second kappa shape index (κ2) is 11.0. The lowest BCUT2D eigenvalue weighted by atomic mass is 10.1. The van der Waals surface area contributed by atoms with E-state index >= 15 is 0 Å². The Morgan fingerprint density at radius 2 is 2.06 bits per heavy atom. The predicted octanol–water partition coefficient (Wildman–Crippen LogP) is 2.79. The number of rotatable bonds is 9. The summed E-state index contributed by atoms with van der Waals surface area (Å²) in [6.07, 6.45) is 5.33. The van der Waals surface area contributed by atoms with E-state index in [4.69, 9.17) is 18.6 Å². The summed E-state index contributed by atoms with van der Waals surface area (Å²) >= 11 is 1.57. The number of fused-ring (bicyclic) bond motifs is 2. The van der Waals surface area contributed by atoms with E-state index in [-0.39, 0.29) is 5.91 Å². The van der Waals surface area contributed by atoms with E-state index in [2.05, 4.69) is 15.6 Å². The number of methoxy groups -OCH3 is 1. The molecule has 1 aliphatic heterocycles. The Morgan fingerprint density at radius 1 is 1.23 bits per heavy atom. The van der Waals surface area contributed by atoms with Gasteiger partial charge in [0.05, 0.1) is 12.6 Å². The molecule has 0 spiro atoms. The molecule has 4 rings (SSSR count). The SMILES string of the molecule is COc1cc(/C=C/C(=O)N[C@H](CCSC)C(=O)Nc2ccc3oc(=O)[nH]c3c2)cc2c1OCCO2. The summed E-state index contributed by atoms with van der Waals surface area (Å²) in [5, 5.41) is 5.54. The van der Waals surface area contributed by atoms with Gasteiger partial charge in [0.2, 0.25) is 17.6 Å². The average molecular weight is 500 g/mol. The lowest BCUT2D eigenvalue weighted by molar-refractivity contribution is -0.123. The van der Waals surface area contributed by atoms with Crippen molar-refractivity contribution in [2.45, 2.75) is 12.5 Å². The number of oxazole rings is 1. The molecule has 1 aromatic heterocycles. The van der Waals surface area contributed by atoms with E-state index in [1.165, 1.54) is 13.2 Å². The molecule has 1 atom stereocenters. The fraction of sp³-hybridized carbons (Fsp3) is 0.292. The highest BCUT2D eigenvalue weighted by atomic mass is 32.2. The van der Waals surface area contributed by atoms with Gasteiger partial charge in [-0.2, -0.15) is 11.8 Å². The minimum atomic E-state index is -0.756. The van der Waals surface area contributed by atoms with Crippen molar-refractivity contribution < 1.29 is 28.2 Å². The van der Waals surface area contributed by atoms with Gasteiger partial charge in [-0.05, 0) is 60.4 Å². The van der Waals surface area contributed by atoms with Crippen molar-refractivity contribution in [3.05, 3.63) is 52.5 Å². The molecule has 11 heteroatoms. The predicted molar refractivity (Wildman–Crippen MR) is 133 cm³/mol. The molecule has 0 aliphatic carbocycles. The van der Waals surface area contributed by atoms with E-state index < -0.39 is 17.7 Å². The van der Waals surface area contributed by atoms with Crippen molar-refractivity contribution in [3.8, 4) is 17.2 Å². The first-order valence-corrected chi connectivity index (χ1v) is 12.2. The maximum absolute atomic E-state index is 12.9. The van der Waals surface area contributed by atoms with Gasteiger partial charge in [0.25, 0.3) is 0 Å². The van der Waals surface area contributed by atoms with Crippen LogP contribution in [0.25, 0.3) is 17.2 Å². The molecule has 184 valence electrons. The summed E-state index contributed by atoms with van der Waals surface area (Å²) in [6, 6.07) is 7.55. The molecule has 0 saturated heterocycles. The third-order valence-corrected chi connectivity index (χ3v) is 5.85. The molecule has 1 aliphatic rings. The third kappa shape index (κ3) is 5.99.